The van der Waals surface area contributed by atoms with Crippen LogP contribution in [0.2, 0.25) is 5.02 Å². The number of hydrogen-bond donors (Lipinski definition) is 1. The van der Waals surface area contributed by atoms with Gasteiger partial charge in [0, 0.05) is 17.1 Å². The lowest BCUT2D eigenvalue weighted by Crippen LogP contribution is -2.31. The average molecular weight is 252 g/mol. The average Bonchev–Trinajstić information content (AvgIpc) is 2.57. The number of halogens is 1. The Kier molecular flexibility index (Phi) is 4.87. The maximum atomic E-state index is 6.03. The molecule has 0 saturated heterocycles. The van der Waals surface area contributed by atoms with Gasteiger partial charge in [0.25, 0.3) is 0 Å². The minimum Gasteiger partial charge on any atom is -0.307 e. The summed E-state index contributed by atoms with van der Waals surface area (Å²) in [6.45, 7) is 2.23. The molecule has 1 aliphatic rings. The Bertz CT molecular complexity index is 343. The number of benzene rings is 1. The summed E-state index contributed by atoms with van der Waals surface area (Å²) in [6.07, 6.45) is 8.21. The first-order valence-corrected chi connectivity index (χ1v) is 7.15. The summed E-state index contributed by atoms with van der Waals surface area (Å²) >= 11 is 6.03. The fourth-order valence-corrected chi connectivity index (χ4v) is 2.87. The Labute approximate surface area is 110 Å². The normalized spacial score (nSPS) is 19.9. The summed E-state index contributed by atoms with van der Waals surface area (Å²) in [4.78, 5) is 0. The third-order valence-corrected chi connectivity index (χ3v) is 3.92. The van der Waals surface area contributed by atoms with Gasteiger partial charge in [-0.25, -0.2) is 0 Å². The Balaban J connectivity index is 1.93. The summed E-state index contributed by atoms with van der Waals surface area (Å²) < 4.78 is 0. The molecule has 0 heterocycles. The van der Waals surface area contributed by atoms with E-state index >= 15 is 0 Å². The van der Waals surface area contributed by atoms with E-state index < -0.39 is 0 Å². The second-order valence-corrected chi connectivity index (χ2v) is 5.57. The van der Waals surface area contributed by atoms with E-state index in [1.165, 1.54) is 44.1 Å². The van der Waals surface area contributed by atoms with Gasteiger partial charge in [-0.2, -0.15) is 0 Å². The minimum atomic E-state index is 0.400. The fraction of sp³-hybridized carbons (Fsp3) is 0.600. The molecule has 0 amide bonds. The Morgan fingerprint density at radius 2 is 1.88 bits per heavy atom. The maximum absolute atomic E-state index is 6.03. The largest absolute Gasteiger partial charge is 0.307 e. The summed E-state index contributed by atoms with van der Waals surface area (Å²) in [5.41, 5.74) is 1.29. The molecule has 2 heteroatoms. The van der Waals surface area contributed by atoms with Gasteiger partial charge in [0.05, 0.1) is 0 Å². The van der Waals surface area contributed by atoms with Gasteiger partial charge < -0.3 is 5.32 Å². The van der Waals surface area contributed by atoms with Crippen molar-refractivity contribution in [3.05, 3.63) is 34.9 Å². The lowest BCUT2D eigenvalue weighted by molar-refractivity contribution is 0.414. The predicted molar refractivity (Wildman–Crippen MR) is 74.5 cm³/mol. The van der Waals surface area contributed by atoms with Crippen LogP contribution in [0.5, 0.6) is 0 Å². The lowest BCUT2D eigenvalue weighted by Gasteiger charge is -2.22. The summed E-state index contributed by atoms with van der Waals surface area (Å²) in [6, 6.07) is 9.27. The molecule has 0 bridgehead atoms. The molecule has 94 valence electrons. The van der Waals surface area contributed by atoms with Crippen molar-refractivity contribution in [3.63, 3.8) is 0 Å². The molecule has 1 aromatic carbocycles. The van der Waals surface area contributed by atoms with Crippen LogP contribution >= 0.6 is 11.6 Å². The van der Waals surface area contributed by atoms with Crippen molar-refractivity contribution >= 4 is 11.6 Å². The Morgan fingerprint density at radius 1 is 1.18 bits per heavy atom. The van der Waals surface area contributed by atoms with E-state index in [-0.39, 0.29) is 0 Å². The minimum absolute atomic E-state index is 0.400. The molecule has 1 atom stereocenters. The first-order valence-electron chi connectivity index (χ1n) is 6.77. The SMILES string of the molecule is CC(NC1CCCCCC1)c1cccc(Cl)c1. The van der Waals surface area contributed by atoms with Crippen molar-refractivity contribution in [3.8, 4) is 0 Å². The van der Waals surface area contributed by atoms with Crippen molar-refractivity contribution < 1.29 is 0 Å². The highest BCUT2D eigenvalue weighted by molar-refractivity contribution is 6.30. The molecular weight excluding hydrogens is 230 g/mol. The van der Waals surface area contributed by atoms with E-state index in [0.717, 1.165) is 5.02 Å². The molecule has 1 aliphatic carbocycles. The van der Waals surface area contributed by atoms with E-state index in [1.54, 1.807) is 0 Å². The van der Waals surface area contributed by atoms with Crippen molar-refractivity contribution in [2.75, 3.05) is 0 Å². The van der Waals surface area contributed by atoms with Crippen LogP contribution in [0.15, 0.2) is 24.3 Å². The van der Waals surface area contributed by atoms with Gasteiger partial charge in [-0.1, -0.05) is 49.4 Å². The molecule has 0 aromatic heterocycles. The highest BCUT2D eigenvalue weighted by Crippen LogP contribution is 2.22. The second kappa shape index (κ2) is 6.42. The predicted octanol–water partition coefficient (Wildman–Crippen LogP) is 4.71. The van der Waals surface area contributed by atoms with Gasteiger partial charge in [0.1, 0.15) is 0 Å². The van der Waals surface area contributed by atoms with Gasteiger partial charge >= 0.3 is 0 Å². The molecule has 1 unspecified atom stereocenters. The molecule has 2 rings (SSSR count). The van der Waals surface area contributed by atoms with E-state index in [9.17, 15) is 0 Å². The van der Waals surface area contributed by atoms with Crippen LogP contribution in [-0.4, -0.2) is 6.04 Å². The molecule has 1 saturated carbocycles. The topological polar surface area (TPSA) is 12.0 Å². The first-order chi connectivity index (χ1) is 8.25. The van der Waals surface area contributed by atoms with Gasteiger partial charge in [-0.3, -0.25) is 0 Å². The van der Waals surface area contributed by atoms with E-state index in [1.807, 2.05) is 12.1 Å². The van der Waals surface area contributed by atoms with E-state index in [4.69, 9.17) is 11.6 Å². The van der Waals surface area contributed by atoms with Crippen LogP contribution in [0.4, 0.5) is 0 Å². The van der Waals surface area contributed by atoms with Crippen LogP contribution in [0.25, 0.3) is 0 Å². The van der Waals surface area contributed by atoms with Gasteiger partial charge in [0.15, 0.2) is 0 Å². The van der Waals surface area contributed by atoms with Crippen LogP contribution in [0.3, 0.4) is 0 Å². The van der Waals surface area contributed by atoms with Crippen LogP contribution in [0, 0.1) is 0 Å². The zero-order chi connectivity index (χ0) is 12.1. The molecule has 0 spiro atoms. The van der Waals surface area contributed by atoms with Crippen LogP contribution in [0.1, 0.15) is 57.1 Å². The molecular formula is C15H22ClN. The maximum Gasteiger partial charge on any atom is 0.0409 e. The van der Waals surface area contributed by atoms with Gasteiger partial charge in [-0.15, -0.1) is 0 Å². The van der Waals surface area contributed by atoms with E-state index in [2.05, 4.69) is 24.4 Å². The molecule has 1 N–H and O–H groups in total. The Morgan fingerprint density at radius 3 is 2.53 bits per heavy atom. The third-order valence-electron chi connectivity index (χ3n) is 3.69. The molecule has 1 nitrogen and oxygen atoms in total. The highest BCUT2D eigenvalue weighted by Gasteiger charge is 2.15. The van der Waals surface area contributed by atoms with Gasteiger partial charge in [0.2, 0.25) is 0 Å². The lowest BCUT2D eigenvalue weighted by atomic mass is 10.0. The van der Waals surface area contributed by atoms with Crippen molar-refractivity contribution in [2.45, 2.75) is 57.5 Å². The Hall–Kier alpha value is -0.530. The summed E-state index contributed by atoms with van der Waals surface area (Å²) in [7, 11) is 0. The second-order valence-electron chi connectivity index (χ2n) is 5.13. The monoisotopic (exact) mass is 251 g/mol. The quantitative estimate of drug-likeness (QED) is 0.767. The molecule has 0 radical (unpaired) electrons. The summed E-state index contributed by atoms with van der Waals surface area (Å²) in [5, 5.41) is 4.57. The molecule has 0 aliphatic heterocycles. The van der Waals surface area contributed by atoms with Crippen molar-refractivity contribution in [1.29, 1.82) is 0 Å². The zero-order valence-corrected chi connectivity index (χ0v) is 11.3. The molecule has 1 aromatic rings. The van der Waals surface area contributed by atoms with Crippen molar-refractivity contribution in [1.82, 2.24) is 5.32 Å². The highest BCUT2D eigenvalue weighted by atomic mass is 35.5. The molecule has 1 fully saturated rings. The molecule has 17 heavy (non-hydrogen) atoms. The number of hydrogen-bond acceptors (Lipinski definition) is 1. The summed E-state index contributed by atoms with van der Waals surface area (Å²) in [5.74, 6) is 0. The standard InChI is InChI=1S/C15H22ClN/c1-12(13-7-6-8-14(16)11-13)17-15-9-4-2-3-5-10-15/h6-8,11-12,15,17H,2-5,9-10H2,1H3. The first kappa shape index (κ1) is 12.9. The van der Waals surface area contributed by atoms with Crippen LogP contribution < -0.4 is 5.32 Å². The van der Waals surface area contributed by atoms with Crippen molar-refractivity contribution in [2.24, 2.45) is 0 Å². The third kappa shape index (κ3) is 4.01. The van der Waals surface area contributed by atoms with E-state index in [0.29, 0.717) is 12.1 Å². The zero-order valence-electron chi connectivity index (χ0n) is 10.6. The van der Waals surface area contributed by atoms with Crippen LogP contribution in [-0.2, 0) is 0 Å². The number of rotatable bonds is 3. The number of nitrogens with one attached hydrogen (secondary N) is 1. The fourth-order valence-electron chi connectivity index (χ4n) is 2.67. The smallest absolute Gasteiger partial charge is 0.0409 e. The van der Waals surface area contributed by atoms with Gasteiger partial charge in [-0.05, 0) is 37.5 Å².